The third kappa shape index (κ3) is 50.8. The predicted octanol–water partition coefficient (Wildman–Crippen LogP) is 18.5. The molecule has 0 heterocycles. The van der Waals surface area contributed by atoms with Crippen molar-refractivity contribution in [3.8, 4) is 0 Å². The van der Waals surface area contributed by atoms with Crippen molar-refractivity contribution in [1.29, 1.82) is 0 Å². The molecule has 3 atom stereocenters. The van der Waals surface area contributed by atoms with E-state index in [-0.39, 0.29) is 18.9 Å². The largest absolute Gasteiger partial charge is 0.394 e. The van der Waals surface area contributed by atoms with Gasteiger partial charge >= 0.3 is 0 Å². The van der Waals surface area contributed by atoms with Gasteiger partial charge < -0.3 is 20.6 Å². The maximum atomic E-state index is 12.6. The third-order valence-electron chi connectivity index (χ3n) is 14.4. The lowest BCUT2D eigenvalue weighted by Crippen LogP contribution is -2.46. The monoisotopic (exact) mass is 906 g/mol. The number of carbonyl (C=O) groups is 1. The molecule has 0 bridgehead atoms. The normalized spacial score (nSPS) is 13.1. The van der Waals surface area contributed by atoms with Crippen molar-refractivity contribution in [2.75, 3.05) is 6.61 Å². The smallest absolute Gasteiger partial charge is 0.222 e. The summed E-state index contributed by atoms with van der Waals surface area (Å²) in [6, 6.07) is -0.654. The van der Waals surface area contributed by atoms with E-state index in [1.165, 1.54) is 289 Å². The van der Waals surface area contributed by atoms with E-state index >= 15 is 0 Å². The Morgan fingerprint density at radius 1 is 0.328 bits per heavy atom. The van der Waals surface area contributed by atoms with Gasteiger partial charge in [-0.2, -0.15) is 0 Å². The lowest BCUT2D eigenvalue weighted by Gasteiger charge is -2.23. The van der Waals surface area contributed by atoms with Crippen molar-refractivity contribution >= 4 is 5.91 Å². The molecule has 0 saturated carbocycles. The van der Waals surface area contributed by atoms with Crippen LogP contribution >= 0.6 is 0 Å². The first-order valence-electron chi connectivity index (χ1n) is 29.8. The van der Waals surface area contributed by atoms with Crippen LogP contribution in [-0.2, 0) is 4.79 Å². The molecule has 0 aliphatic carbocycles. The van der Waals surface area contributed by atoms with E-state index in [1.54, 1.807) is 0 Å². The minimum absolute atomic E-state index is 0.0437. The van der Waals surface area contributed by atoms with Crippen molar-refractivity contribution in [2.24, 2.45) is 0 Å². The summed E-state index contributed by atoms with van der Waals surface area (Å²) in [5, 5.41) is 33.7. The molecule has 64 heavy (non-hydrogen) atoms. The van der Waals surface area contributed by atoms with Crippen molar-refractivity contribution in [3.63, 3.8) is 0 Å². The third-order valence-corrected chi connectivity index (χ3v) is 14.4. The molecular formula is C59H119NO4. The molecule has 0 aliphatic rings. The van der Waals surface area contributed by atoms with Gasteiger partial charge in [-0.25, -0.2) is 0 Å². The second kappa shape index (κ2) is 55.0. The zero-order valence-electron chi connectivity index (χ0n) is 44.0. The van der Waals surface area contributed by atoms with Gasteiger partial charge in [-0.15, -0.1) is 0 Å². The standard InChI is InChI=1S/C59H119NO4/c1-3-5-7-9-11-13-15-17-19-21-23-25-27-28-29-30-31-32-34-36-38-40-42-44-46-48-50-52-56(62)54-59(64)60-57(55-61)58(63)53-51-49-47-45-43-41-39-37-35-33-26-24-22-20-18-16-14-12-10-8-6-4-2/h56-58,61-63H,3-55H2,1-2H3,(H,60,64). The van der Waals surface area contributed by atoms with Crippen LogP contribution < -0.4 is 5.32 Å². The molecule has 1 amide bonds. The van der Waals surface area contributed by atoms with Crippen LogP contribution in [-0.4, -0.2) is 46.1 Å². The van der Waals surface area contributed by atoms with Gasteiger partial charge in [0.15, 0.2) is 0 Å². The Kier molecular flexibility index (Phi) is 54.4. The van der Waals surface area contributed by atoms with Gasteiger partial charge in [0.2, 0.25) is 5.91 Å². The lowest BCUT2D eigenvalue weighted by atomic mass is 10.0. The van der Waals surface area contributed by atoms with Crippen molar-refractivity contribution in [1.82, 2.24) is 5.32 Å². The van der Waals surface area contributed by atoms with Crippen LogP contribution in [0.4, 0.5) is 0 Å². The van der Waals surface area contributed by atoms with E-state index in [9.17, 15) is 20.1 Å². The fourth-order valence-electron chi connectivity index (χ4n) is 9.88. The lowest BCUT2D eigenvalue weighted by molar-refractivity contribution is -0.125. The highest BCUT2D eigenvalue weighted by atomic mass is 16.3. The van der Waals surface area contributed by atoms with Crippen LogP contribution in [0.3, 0.4) is 0 Å². The number of hydrogen-bond donors (Lipinski definition) is 4. The first kappa shape index (κ1) is 63.4. The predicted molar refractivity (Wildman–Crippen MR) is 282 cm³/mol. The molecular weight excluding hydrogens is 787 g/mol. The molecule has 0 fully saturated rings. The van der Waals surface area contributed by atoms with E-state index in [4.69, 9.17) is 0 Å². The second-order valence-corrected chi connectivity index (χ2v) is 21.0. The van der Waals surface area contributed by atoms with E-state index in [1.807, 2.05) is 0 Å². The molecule has 5 nitrogen and oxygen atoms in total. The van der Waals surface area contributed by atoms with Gasteiger partial charge in [0.05, 0.1) is 31.3 Å². The highest BCUT2D eigenvalue weighted by molar-refractivity contribution is 5.76. The zero-order chi connectivity index (χ0) is 46.5. The Morgan fingerprint density at radius 2 is 0.531 bits per heavy atom. The molecule has 4 N–H and O–H groups in total. The Labute approximate surface area is 402 Å². The number of unbranched alkanes of at least 4 members (excludes halogenated alkanes) is 47. The molecule has 0 aromatic carbocycles. The maximum absolute atomic E-state index is 12.6. The summed E-state index contributed by atoms with van der Waals surface area (Å²) in [5.74, 6) is -0.273. The fourth-order valence-corrected chi connectivity index (χ4v) is 9.88. The number of hydrogen-bond acceptors (Lipinski definition) is 4. The van der Waals surface area contributed by atoms with E-state index in [2.05, 4.69) is 19.2 Å². The number of rotatable bonds is 56. The first-order valence-corrected chi connectivity index (χ1v) is 29.8. The molecule has 384 valence electrons. The Morgan fingerprint density at radius 3 is 0.750 bits per heavy atom. The molecule has 0 radical (unpaired) electrons. The highest BCUT2D eigenvalue weighted by Gasteiger charge is 2.21. The van der Waals surface area contributed by atoms with Gasteiger partial charge in [0.25, 0.3) is 0 Å². The van der Waals surface area contributed by atoms with Crippen LogP contribution in [0.1, 0.15) is 348 Å². The minimum Gasteiger partial charge on any atom is -0.394 e. The number of amides is 1. The summed E-state index contributed by atoms with van der Waals surface area (Å²) in [6.45, 7) is 4.32. The van der Waals surface area contributed by atoms with E-state index < -0.39 is 18.2 Å². The average molecular weight is 907 g/mol. The second-order valence-electron chi connectivity index (χ2n) is 21.0. The van der Waals surface area contributed by atoms with Crippen LogP contribution in [0.15, 0.2) is 0 Å². The Hall–Kier alpha value is -0.650. The molecule has 0 spiro atoms. The number of aliphatic hydroxyl groups is 3. The summed E-state index contributed by atoms with van der Waals surface area (Å²) in [7, 11) is 0. The van der Waals surface area contributed by atoms with Gasteiger partial charge in [-0.05, 0) is 12.8 Å². The van der Waals surface area contributed by atoms with Crippen LogP contribution in [0.2, 0.25) is 0 Å². The highest BCUT2D eigenvalue weighted by Crippen LogP contribution is 2.19. The minimum atomic E-state index is -0.746. The van der Waals surface area contributed by atoms with Crippen LogP contribution in [0, 0.1) is 0 Å². The zero-order valence-corrected chi connectivity index (χ0v) is 44.0. The van der Waals surface area contributed by atoms with Crippen LogP contribution in [0.5, 0.6) is 0 Å². The van der Waals surface area contributed by atoms with Crippen molar-refractivity contribution in [2.45, 2.75) is 366 Å². The summed E-state index contributed by atoms with van der Waals surface area (Å²) in [4.78, 5) is 12.6. The quantitative estimate of drug-likeness (QED) is 0.0458. The van der Waals surface area contributed by atoms with Gasteiger partial charge in [-0.1, -0.05) is 328 Å². The van der Waals surface area contributed by atoms with Gasteiger partial charge in [-0.3, -0.25) is 4.79 Å². The fraction of sp³-hybridized carbons (Fsp3) is 0.983. The van der Waals surface area contributed by atoms with Crippen molar-refractivity contribution < 1.29 is 20.1 Å². The Bertz CT molecular complexity index is 868. The van der Waals surface area contributed by atoms with E-state index in [0.717, 1.165) is 25.7 Å². The summed E-state index contributed by atoms with van der Waals surface area (Å²) in [6.07, 6.45) is 67.0. The van der Waals surface area contributed by atoms with Gasteiger partial charge in [0.1, 0.15) is 0 Å². The molecule has 0 saturated heterocycles. The first-order chi connectivity index (χ1) is 31.5. The average Bonchev–Trinajstić information content (AvgIpc) is 3.29. The number of nitrogens with one attached hydrogen (secondary N) is 1. The van der Waals surface area contributed by atoms with Crippen molar-refractivity contribution in [3.05, 3.63) is 0 Å². The summed E-state index contributed by atoms with van der Waals surface area (Å²) in [5.41, 5.74) is 0. The topological polar surface area (TPSA) is 89.8 Å². The maximum Gasteiger partial charge on any atom is 0.222 e. The summed E-state index contributed by atoms with van der Waals surface area (Å²) >= 11 is 0. The Balaban J connectivity index is 3.47. The molecule has 3 unspecified atom stereocenters. The van der Waals surface area contributed by atoms with Crippen LogP contribution in [0.25, 0.3) is 0 Å². The molecule has 5 heteroatoms. The number of aliphatic hydroxyl groups excluding tert-OH is 3. The molecule has 0 aliphatic heterocycles. The molecule has 0 aromatic rings. The summed E-state index contributed by atoms with van der Waals surface area (Å²) < 4.78 is 0. The molecule has 0 rings (SSSR count). The number of carbonyl (C=O) groups excluding carboxylic acids is 1. The SMILES string of the molecule is CCCCCCCCCCCCCCCCCCCCCCCCCCCCCC(O)CC(=O)NC(CO)C(O)CCCCCCCCCCCCCCCCCCCCCCCC. The molecule has 0 aromatic heterocycles. The van der Waals surface area contributed by atoms with E-state index in [0.29, 0.717) is 12.8 Å². The van der Waals surface area contributed by atoms with Gasteiger partial charge in [0, 0.05) is 0 Å².